The number of ether oxygens (including phenoxy) is 1. The summed E-state index contributed by atoms with van der Waals surface area (Å²) in [6.45, 7) is 9.52. The van der Waals surface area contributed by atoms with Crippen molar-refractivity contribution in [1.29, 1.82) is 5.26 Å². The van der Waals surface area contributed by atoms with Gasteiger partial charge in [-0.15, -0.1) is 0 Å². The minimum absolute atomic E-state index is 0.292. The first-order chi connectivity index (χ1) is 13.4. The summed E-state index contributed by atoms with van der Waals surface area (Å²) in [5, 5.41) is 9.64. The first-order valence-corrected chi connectivity index (χ1v) is 10.8. The highest BCUT2D eigenvalue weighted by molar-refractivity contribution is 9.10. The summed E-state index contributed by atoms with van der Waals surface area (Å²) in [6.07, 6.45) is 2.56. The average molecular weight is 441 g/mol. The van der Waals surface area contributed by atoms with Crippen LogP contribution >= 0.6 is 15.9 Å². The van der Waals surface area contributed by atoms with Crippen molar-refractivity contribution < 1.29 is 4.74 Å². The van der Waals surface area contributed by atoms with Crippen LogP contribution in [0.3, 0.4) is 0 Å². The van der Waals surface area contributed by atoms with Gasteiger partial charge in [-0.25, -0.2) is 0 Å². The summed E-state index contributed by atoms with van der Waals surface area (Å²) >= 11 is 3.73. The SMILES string of the molecule is Cc1ccc(CN(Cc2ccccc2C(C)(C)C#N)CC2CCCO2)c(Br)c1. The van der Waals surface area contributed by atoms with Crippen molar-refractivity contribution in [1.82, 2.24) is 4.90 Å². The zero-order valence-electron chi connectivity index (χ0n) is 17.0. The van der Waals surface area contributed by atoms with Gasteiger partial charge in [-0.3, -0.25) is 4.90 Å². The number of hydrogen-bond donors (Lipinski definition) is 0. The lowest BCUT2D eigenvalue weighted by atomic mass is 9.83. The second-order valence-electron chi connectivity index (χ2n) is 8.29. The van der Waals surface area contributed by atoms with Crippen LogP contribution in [0.5, 0.6) is 0 Å². The molecule has 2 aromatic rings. The molecule has 0 bridgehead atoms. The van der Waals surface area contributed by atoms with Gasteiger partial charge in [-0.2, -0.15) is 5.26 Å². The molecule has 3 nitrogen and oxygen atoms in total. The number of rotatable bonds is 7. The van der Waals surface area contributed by atoms with E-state index in [1.165, 1.54) is 16.7 Å². The molecule has 1 heterocycles. The van der Waals surface area contributed by atoms with Gasteiger partial charge in [0.15, 0.2) is 0 Å². The normalized spacial score (nSPS) is 17.1. The maximum Gasteiger partial charge on any atom is 0.0769 e. The fraction of sp³-hybridized carbons (Fsp3) is 0.458. The van der Waals surface area contributed by atoms with Gasteiger partial charge in [-0.1, -0.05) is 52.3 Å². The van der Waals surface area contributed by atoms with Crippen molar-refractivity contribution in [3.05, 3.63) is 69.2 Å². The third-order valence-electron chi connectivity index (χ3n) is 5.45. The van der Waals surface area contributed by atoms with Gasteiger partial charge in [0.1, 0.15) is 0 Å². The number of benzene rings is 2. The van der Waals surface area contributed by atoms with E-state index in [1.807, 2.05) is 19.9 Å². The molecule has 0 saturated carbocycles. The molecular formula is C24H29BrN2O. The zero-order chi connectivity index (χ0) is 20.1. The highest BCUT2D eigenvalue weighted by Crippen LogP contribution is 2.28. The molecule has 1 fully saturated rings. The molecule has 1 unspecified atom stereocenters. The van der Waals surface area contributed by atoms with Crippen LogP contribution in [0.15, 0.2) is 46.9 Å². The lowest BCUT2D eigenvalue weighted by Gasteiger charge is -2.28. The molecule has 28 heavy (non-hydrogen) atoms. The average Bonchev–Trinajstić information content (AvgIpc) is 3.17. The fourth-order valence-electron chi connectivity index (χ4n) is 3.85. The molecule has 0 aliphatic carbocycles. The molecule has 0 spiro atoms. The Balaban J connectivity index is 1.86. The van der Waals surface area contributed by atoms with Gasteiger partial charge < -0.3 is 4.74 Å². The fourth-order valence-corrected chi connectivity index (χ4v) is 4.47. The highest BCUT2D eigenvalue weighted by atomic mass is 79.9. The van der Waals surface area contributed by atoms with Crippen LogP contribution in [0.4, 0.5) is 0 Å². The summed E-state index contributed by atoms with van der Waals surface area (Å²) in [5.41, 5.74) is 4.35. The summed E-state index contributed by atoms with van der Waals surface area (Å²) in [6, 6.07) is 17.3. The van der Waals surface area contributed by atoms with Gasteiger partial charge >= 0.3 is 0 Å². The van der Waals surface area contributed by atoms with Gasteiger partial charge in [0.25, 0.3) is 0 Å². The highest BCUT2D eigenvalue weighted by Gasteiger charge is 2.25. The predicted octanol–water partition coefficient (Wildman–Crippen LogP) is 5.74. The van der Waals surface area contributed by atoms with E-state index in [0.29, 0.717) is 6.10 Å². The Kier molecular flexibility index (Phi) is 6.93. The molecule has 1 aliphatic rings. The number of aryl methyl sites for hydroxylation is 1. The van der Waals surface area contributed by atoms with E-state index >= 15 is 0 Å². The molecular weight excluding hydrogens is 412 g/mol. The zero-order valence-corrected chi connectivity index (χ0v) is 18.6. The molecule has 1 aliphatic heterocycles. The van der Waals surface area contributed by atoms with E-state index in [9.17, 15) is 5.26 Å². The quantitative estimate of drug-likeness (QED) is 0.550. The molecule has 2 aromatic carbocycles. The van der Waals surface area contributed by atoms with Crippen LogP contribution in [-0.2, 0) is 23.2 Å². The predicted molar refractivity (Wildman–Crippen MR) is 117 cm³/mol. The van der Waals surface area contributed by atoms with Crippen LogP contribution in [-0.4, -0.2) is 24.2 Å². The molecule has 148 valence electrons. The maximum atomic E-state index is 9.64. The lowest BCUT2D eigenvalue weighted by Crippen LogP contribution is -2.32. The van der Waals surface area contributed by atoms with E-state index in [2.05, 4.69) is 70.2 Å². The van der Waals surface area contributed by atoms with Crippen molar-refractivity contribution in [2.24, 2.45) is 0 Å². The standard InChI is InChI=1S/C24H29BrN2O/c1-18-10-11-20(23(25)13-18)15-27(16-21-8-6-12-28-21)14-19-7-4-5-9-22(19)24(2,3)17-26/h4-5,7,9-11,13,21H,6,8,12,14-16H2,1-3H3. The van der Waals surface area contributed by atoms with E-state index in [0.717, 1.165) is 49.1 Å². The second kappa shape index (κ2) is 9.22. The Bertz CT molecular complexity index is 850. The maximum absolute atomic E-state index is 9.64. The minimum Gasteiger partial charge on any atom is -0.377 e. The Hall–Kier alpha value is -1.67. The van der Waals surface area contributed by atoms with Gasteiger partial charge in [0, 0.05) is 30.7 Å². The Labute approximate surface area is 177 Å². The van der Waals surface area contributed by atoms with Crippen molar-refractivity contribution in [3.63, 3.8) is 0 Å². The molecule has 1 atom stereocenters. The molecule has 4 heteroatoms. The van der Waals surface area contributed by atoms with Crippen molar-refractivity contribution in [2.45, 2.75) is 58.2 Å². The molecule has 3 rings (SSSR count). The van der Waals surface area contributed by atoms with E-state index in [4.69, 9.17) is 4.74 Å². The number of nitriles is 1. The first kappa shape index (κ1) is 21.0. The van der Waals surface area contributed by atoms with Crippen molar-refractivity contribution >= 4 is 15.9 Å². The van der Waals surface area contributed by atoms with E-state index in [1.54, 1.807) is 0 Å². The Morgan fingerprint density at radius 3 is 2.61 bits per heavy atom. The lowest BCUT2D eigenvalue weighted by molar-refractivity contribution is 0.0677. The van der Waals surface area contributed by atoms with Crippen LogP contribution in [0.2, 0.25) is 0 Å². The van der Waals surface area contributed by atoms with Gasteiger partial charge in [0.2, 0.25) is 0 Å². The van der Waals surface area contributed by atoms with Crippen LogP contribution < -0.4 is 0 Å². The Morgan fingerprint density at radius 2 is 1.93 bits per heavy atom. The molecule has 0 amide bonds. The summed E-state index contributed by atoms with van der Waals surface area (Å²) in [5.74, 6) is 0. The molecule has 0 N–H and O–H groups in total. The van der Waals surface area contributed by atoms with Crippen LogP contribution in [0, 0.1) is 18.3 Å². The summed E-state index contributed by atoms with van der Waals surface area (Å²) in [7, 11) is 0. The first-order valence-electron chi connectivity index (χ1n) is 9.97. The van der Waals surface area contributed by atoms with E-state index in [-0.39, 0.29) is 0 Å². The van der Waals surface area contributed by atoms with E-state index < -0.39 is 5.41 Å². The molecule has 1 saturated heterocycles. The number of hydrogen-bond acceptors (Lipinski definition) is 3. The summed E-state index contributed by atoms with van der Waals surface area (Å²) in [4.78, 5) is 2.46. The number of nitrogens with zero attached hydrogens (tertiary/aromatic N) is 2. The smallest absolute Gasteiger partial charge is 0.0769 e. The molecule has 0 radical (unpaired) electrons. The summed E-state index contributed by atoms with van der Waals surface area (Å²) < 4.78 is 7.07. The minimum atomic E-state index is -0.503. The topological polar surface area (TPSA) is 36.3 Å². The van der Waals surface area contributed by atoms with Crippen LogP contribution in [0.25, 0.3) is 0 Å². The largest absolute Gasteiger partial charge is 0.377 e. The van der Waals surface area contributed by atoms with Gasteiger partial charge in [-0.05, 0) is 61.9 Å². The second-order valence-corrected chi connectivity index (χ2v) is 9.15. The molecule has 0 aromatic heterocycles. The third kappa shape index (κ3) is 5.23. The van der Waals surface area contributed by atoms with Gasteiger partial charge in [0.05, 0.1) is 17.6 Å². The Morgan fingerprint density at radius 1 is 1.18 bits per heavy atom. The number of halogens is 1. The van der Waals surface area contributed by atoms with Crippen molar-refractivity contribution in [3.8, 4) is 6.07 Å². The third-order valence-corrected chi connectivity index (χ3v) is 6.19. The van der Waals surface area contributed by atoms with Crippen molar-refractivity contribution in [2.75, 3.05) is 13.2 Å². The van der Waals surface area contributed by atoms with Crippen LogP contribution in [0.1, 0.15) is 48.9 Å². The monoisotopic (exact) mass is 440 g/mol.